The van der Waals surface area contributed by atoms with Gasteiger partial charge >= 0.3 is 5.97 Å². The van der Waals surface area contributed by atoms with Crippen molar-refractivity contribution in [1.82, 2.24) is 0 Å². The van der Waals surface area contributed by atoms with Crippen LogP contribution in [0.4, 0.5) is 0 Å². The minimum atomic E-state index is -1.69. The molecule has 2 fully saturated rings. The van der Waals surface area contributed by atoms with E-state index in [0.717, 1.165) is 38.5 Å². The Balaban J connectivity index is 1.93. The first-order valence-electron chi connectivity index (χ1n) is 17.4. The molecule has 6 unspecified atom stereocenters. The van der Waals surface area contributed by atoms with E-state index in [1.807, 2.05) is 0 Å². The van der Waals surface area contributed by atoms with E-state index in [9.17, 15) is 9.90 Å². The van der Waals surface area contributed by atoms with E-state index in [4.69, 9.17) is 4.43 Å². The average Bonchev–Trinajstić information content (AvgIpc) is 2.88. The van der Waals surface area contributed by atoms with Gasteiger partial charge in [0.05, 0.1) is 5.41 Å². The van der Waals surface area contributed by atoms with Gasteiger partial charge in [-0.05, 0) is 109 Å². The summed E-state index contributed by atoms with van der Waals surface area (Å²) in [6.07, 6.45) is 13.7. The van der Waals surface area contributed by atoms with Crippen LogP contribution in [0.1, 0.15) is 147 Å². The lowest BCUT2D eigenvalue weighted by molar-refractivity contribution is -0.155. The molecule has 244 valence electrons. The standard InChI is InChI=1S/C37H67IO3Si/c1-13-42(14-2,15-3)41-29(33(7,8)9)19-22-34(10)20-16-21-36(12)28(34)18-17-27-30(38)37(31(39)40,25-23-32(4,5)6)26-24-35(27,36)11/h17,28-30H,13-16,18-26H2,1-12H3,(H,39,40)/t28?,29?,30?,34?,35?,36?,37-/m0/s1. The van der Waals surface area contributed by atoms with Crippen LogP contribution in [-0.4, -0.2) is 29.4 Å². The van der Waals surface area contributed by atoms with Crippen molar-refractivity contribution in [2.24, 2.45) is 38.4 Å². The molecule has 0 aromatic rings. The lowest BCUT2D eigenvalue weighted by Crippen LogP contribution is -2.60. The third-order valence-corrected chi connectivity index (χ3v) is 19.9. The first-order valence-corrected chi connectivity index (χ1v) is 21.2. The van der Waals surface area contributed by atoms with Gasteiger partial charge in [-0.3, -0.25) is 4.79 Å². The summed E-state index contributed by atoms with van der Waals surface area (Å²) in [5.41, 5.74) is 1.66. The van der Waals surface area contributed by atoms with Crippen LogP contribution >= 0.6 is 22.6 Å². The fraction of sp³-hybridized carbons (Fsp3) is 0.919. The zero-order chi connectivity index (χ0) is 32.0. The fourth-order valence-electron chi connectivity index (χ4n) is 9.59. The van der Waals surface area contributed by atoms with Crippen LogP contribution < -0.4 is 0 Å². The summed E-state index contributed by atoms with van der Waals surface area (Å²) in [5.74, 6) is 0.0584. The van der Waals surface area contributed by atoms with Crippen molar-refractivity contribution >= 4 is 36.9 Å². The van der Waals surface area contributed by atoms with E-state index in [2.05, 4.69) is 112 Å². The molecule has 0 aromatic heterocycles. The van der Waals surface area contributed by atoms with Gasteiger partial charge in [-0.15, -0.1) is 0 Å². The van der Waals surface area contributed by atoms with Crippen LogP contribution in [0.5, 0.6) is 0 Å². The van der Waals surface area contributed by atoms with Crippen molar-refractivity contribution < 1.29 is 14.3 Å². The highest BCUT2D eigenvalue weighted by Gasteiger charge is 2.64. The van der Waals surface area contributed by atoms with Crippen LogP contribution in [-0.2, 0) is 9.22 Å². The number of alkyl halides is 1. The monoisotopic (exact) mass is 714 g/mol. The van der Waals surface area contributed by atoms with E-state index in [1.54, 1.807) is 0 Å². The highest BCUT2D eigenvalue weighted by atomic mass is 127. The Labute approximate surface area is 275 Å². The third kappa shape index (κ3) is 6.64. The predicted octanol–water partition coefficient (Wildman–Crippen LogP) is 11.8. The van der Waals surface area contributed by atoms with Gasteiger partial charge < -0.3 is 9.53 Å². The van der Waals surface area contributed by atoms with Crippen molar-refractivity contribution in [3.8, 4) is 0 Å². The van der Waals surface area contributed by atoms with Gasteiger partial charge in [0.2, 0.25) is 0 Å². The number of aliphatic carboxylic acids is 1. The number of carbonyl (C=O) groups is 1. The van der Waals surface area contributed by atoms with Crippen LogP contribution in [0.3, 0.4) is 0 Å². The zero-order valence-electron chi connectivity index (χ0n) is 29.6. The Kier molecular flexibility index (Phi) is 11.1. The molecule has 0 saturated heterocycles. The molecule has 3 nitrogen and oxygen atoms in total. The van der Waals surface area contributed by atoms with E-state index < -0.39 is 19.7 Å². The summed E-state index contributed by atoms with van der Waals surface area (Å²) in [6.45, 7) is 28.7. The lowest BCUT2D eigenvalue weighted by Gasteiger charge is -2.66. The maximum Gasteiger partial charge on any atom is 0.311 e. The van der Waals surface area contributed by atoms with Gasteiger partial charge in [-0.25, -0.2) is 0 Å². The minimum Gasteiger partial charge on any atom is -0.481 e. The second-order valence-electron chi connectivity index (χ2n) is 17.8. The van der Waals surface area contributed by atoms with Crippen molar-refractivity contribution in [3.05, 3.63) is 11.6 Å². The predicted molar refractivity (Wildman–Crippen MR) is 191 cm³/mol. The third-order valence-electron chi connectivity index (χ3n) is 13.4. The van der Waals surface area contributed by atoms with Crippen molar-refractivity contribution in [1.29, 1.82) is 0 Å². The number of hydrogen-bond donors (Lipinski definition) is 1. The molecule has 2 saturated carbocycles. The van der Waals surface area contributed by atoms with Crippen LogP contribution in [0.2, 0.25) is 18.1 Å². The minimum absolute atomic E-state index is 0.0635. The number of hydrogen-bond acceptors (Lipinski definition) is 2. The molecule has 3 rings (SSSR count). The summed E-state index contributed by atoms with van der Waals surface area (Å²) in [6, 6.07) is 3.63. The number of allylic oxidation sites excluding steroid dienone is 2. The molecular formula is C37H67IO3Si. The van der Waals surface area contributed by atoms with E-state index >= 15 is 0 Å². The van der Waals surface area contributed by atoms with Gasteiger partial charge in [0.25, 0.3) is 0 Å². The van der Waals surface area contributed by atoms with Crippen molar-refractivity contribution in [2.45, 2.75) is 175 Å². The quantitative estimate of drug-likeness (QED) is 0.100. The summed E-state index contributed by atoms with van der Waals surface area (Å²) >= 11 is 2.56. The summed E-state index contributed by atoms with van der Waals surface area (Å²) < 4.78 is 7.29. The summed E-state index contributed by atoms with van der Waals surface area (Å²) in [5, 5.41) is 10.7. The Morgan fingerprint density at radius 3 is 2.10 bits per heavy atom. The van der Waals surface area contributed by atoms with Gasteiger partial charge in [0.15, 0.2) is 8.32 Å². The molecule has 0 aromatic carbocycles. The van der Waals surface area contributed by atoms with Gasteiger partial charge in [0.1, 0.15) is 0 Å². The Morgan fingerprint density at radius 1 is 1.00 bits per heavy atom. The van der Waals surface area contributed by atoms with Crippen molar-refractivity contribution in [2.75, 3.05) is 0 Å². The molecular weight excluding hydrogens is 647 g/mol. The van der Waals surface area contributed by atoms with Crippen LogP contribution in [0.15, 0.2) is 11.6 Å². The molecule has 42 heavy (non-hydrogen) atoms. The second kappa shape index (κ2) is 12.7. The maximum atomic E-state index is 13.0. The first kappa shape index (κ1) is 36.6. The van der Waals surface area contributed by atoms with Crippen LogP contribution in [0, 0.1) is 38.4 Å². The topological polar surface area (TPSA) is 46.5 Å². The molecule has 5 heteroatoms. The molecule has 3 aliphatic carbocycles. The maximum absolute atomic E-state index is 13.0. The molecule has 0 bridgehead atoms. The van der Waals surface area contributed by atoms with Crippen LogP contribution in [0.25, 0.3) is 0 Å². The number of fused-ring (bicyclic) bond motifs is 3. The van der Waals surface area contributed by atoms with Gasteiger partial charge in [-0.1, -0.05) is 124 Å². The van der Waals surface area contributed by atoms with E-state index in [0.29, 0.717) is 12.0 Å². The first-order chi connectivity index (χ1) is 19.2. The normalized spacial score (nSPS) is 36.5. The largest absolute Gasteiger partial charge is 0.481 e. The number of rotatable bonds is 11. The lowest BCUT2D eigenvalue weighted by atomic mass is 9.39. The zero-order valence-corrected chi connectivity index (χ0v) is 32.8. The molecule has 3 aliphatic rings. The number of carboxylic acid groups (broad SMARTS) is 1. The van der Waals surface area contributed by atoms with E-state index in [1.165, 1.54) is 49.4 Å². The highest BCUT2D eigenvalue weighted by molar-refractivity contribution is 14.1. The molecule has 7 atom stereocenters. The van der Waals surface area contributed by atoms with Gasteiger partial charge in [-0.2, -0.15) is 0 Å². The average molecular weight is 715 g/mol. The molecule has 1 N–H and O–H groups in total. The van der Waals surface area contributed by atoms with Crippen molar-refractivity contribution in [3.63, 3.8) is 0 Å². The Bertz CT molecular complexity index is 982. The Hall–Kier alpha value is 0.117. The SMILES string of the molecule is CC[Si](CC)(CC)OC(CCC1(C)CCCC2(C)C1CC=C1C(I)[C@@](CCC(C)(C)C)(C(=O)O)CCC12C)C(C)(C)C. The van der Waals surface area contributed by atoms with E-state index in [-0.39, 0.29) is 31.0 Å². The molecule has 0 heterocycles. The number of halogens is 1. The molecule has 0 amide bonds. The second-order valence-corrected chi connectivity index (χ2v) is 23.8. The summed E-state index contributed by atoms with van der Waals surface area (Å²) in [4.78, 5) is 13.0. The summed E-state index contributed by atoms with van der Waals surface area (Å²) in [7, 11) is -1.69. The molecule has 0 aliphatic heterocycles. The smallest absolute Gasteiger partial charge is 0.311 e. The fourth-order valence-corrected chi connectivity index (χ4v) is 14.5. The molecule has 0 radical (unpaired) electrons. The van der Waals surface area contributed by atoms with Gasteiger partial charge in [0, 0.05) is 10.0 Å². The molecule has 0 spiro atoms. The Morgan fingerprint density at radius 2 is 1.60 bits per heavy atom. The highest BCUT2D eigenvalue weighted by Crippen LogP contribution is 2.71. The number of carboxylic acids is 1.